The Labute approximate surface area is 149 Å². The largest absolute Gasteiger partial charge is 0.498 e. The van der Waals surface area contributed by atoms with E-state index < -0.39 is 18.3 Å². The van der Waals surface area contributed by atoms with Gasteiger partial charge in [0, 0.05) is 5.46 Å². The Morgan fingerprint density at radius 2 is 1.64 bits per heavy atom. The molecule has 2 aromatic rings. The van der Waals surface area contributed by atoms with Gasteiger partial charge in [0.25, 0.3) is 0 Å². The smallest absolute Gasteiger partial charge is 0.489 e. The molecule has 0 aliphatic carbocycles. The lowest BCUT2D eigenvalue weighted by Crippen LogP contribution is -2.41. The quantitative estimate of drug-likeness (QED) is 0.786. The van der Waals surface area contributed by atoms with Gasteiger partial charge in [-0.05, 0) is 63.9 Å². The molecule has 0 N–H and O–H groups in total. The number of para-hydroxylation sites is 1. The van der Waals surface area contributed by atoms with Crippen LogP contribution in [0.1, 0.15) is 38.8 Å². The summed E-state index contributed by atoms with van der Waals surface area (Å²) in [6, 6.07) is 12.4. The van der Waals surface area contributed by atoms with E-state index in [1.54, 1.807) is 6.07 Å². The lowest BCUT2D eigenvalue weighted by molar-refractivity contribution is 0.00578. The minimum absolute atomic E-state index is 0.237. The lowest BCUT2D eigenvalue weighted by Gasteiger charge is -2.32. The fraction of sp³-hybridized carbons (Fsp3) is 0.400. The van der Waals surface area contributed by atoms with Gasteiger partial charge in [-0.2, -0.15) is 0 Å². The molecule has 2 aromatic carbocycles. The summed E-state index contributed by atoms with van der Waals surface area (Å²) in [5.41, 5.74) is 1.87. The highest BCUT2D eigenvalue weighted by molar-refractivity contribution is 6.63. The Morgan fingerprint density at radius 3 is 2.28 bits per heavy atom. The van der Waals surface area contributed by atoms with Gasteiger partial charge in [-0.3, -0.25) is 0 Å². The summed E-state index contributed by atoms with van der Waals surface area (Å²) in [6.07, 6.45) is 0. The van der Waals surface area contributed by atoms with E-state index in [9.17, 15) is 4.39 Å². The van der Waals surface area contributed by atoms with Crippen LogP contribution < -0.4 is 10.2 Å². The average Bonchev–Trinajstić information content (AvgIpc) is 2.75. The van der Waals surface area contributed by atoms with Crippen molar-refractivity contribution in [2.24, 2.45) is 0 Å². The lowest BCUT2D eigenvalue weighted by atomic mass is 9.78. The molecular weight excluding hydrogens is 318 g/mol. The fourth-order valence-corrected chi connectivity index (χ4v) is 2.75. The van der Waals surface area contributed by atoms with Gasteiger partial charge in [0.15, 0.2) is 0 Å². The van der Waals surface area contributed by atoms with E-state index in [0.29, 0.717) is 12.4 Å². The Bertz CT molecular complexity index is 757. The van der Waals surface area contributed by atoms with Crippen LogP contribution in [0.25, 0.3) is 0 Å². The second-order valence-electron chi connectivity index (χ2n) is 7.49. The number of ether oxygens (including phenoxy) is 1. The zero-order valence-corrected chi connectivity index (χ0v) is 15.4. The summed E-state index contributed by atoms with van der Waals surface area (Å²) in [6.45, 7) is 10.3. The Kier molecular flexibility index (Phi) is 4.65. The molecule has 0 radical (unpaired) electrons. The molecule has 1 fully saturated rings. The van der Waals surface area contributed by atoms with Gasteiger partial charge in [0.1, 0.15) is 18.2 Å². The number of hydrogen-bond acceptors (Lipinski definition) is 3. The minimum atomic E-state index is -0.476. The van der Waals surface area contributed by atoms with Crippen molar-refractivity contribution in [1.29, 1.82) is 0 Å². The van der Waals surface area contributed by atoms with Crippen LogP contribution in [0.3, 0.4) is 0 Å². The first-order chi connectivity index (χ1) is 11.7. The monoisotopic (exact) mass is 342 g/mol. The number of rotatable bonds is 4. The predicted molar refractivity (Wildman–Crippen MR) is 97.6 cm³/mol. The maximum Gasteiger partial charge on any atom is 0.498 e. The molecule has 0 unspecified atom stereocenters. The summed E-state index contributed by atoms with van der Waals surface area (Å²) in [5, 5.41) is 0. The molecule has 1 heterocycles. The summed E-state index contributed by atoms with van der Waals surface area (Å²) in [5.74, 6) is 0.476. The van der Waals surface area contributed by atoms with Crippen LogP contribution in [0.15, 0.2) is 42.5 Å². The Balaban J connectivity index is 1.80. The zero-order chi connectivity index (χ0) is 18.2. The Hall–Kier alpha value is -1.85. The third-order valence-electron chi connectivity index (χ3n) is 5.11. The molecule has 1 aliphatic heterocycles. The first kappa shape index (κ1) is 18.0. The van der Waals surface area contributed by atoms with E-state index in [4.69, 9.17) is 14.0 Å². The second-order valence-corrected chi connectivity index (χ2v) is 7.49. The molecule has 0 atom stereocenters. The van der Waals surface area contributed by atoms with Gasteiger partial charge in [0.05, 0.1) is 11.2 Å². The molecule has 0 bridgehead atoms. The molecule has 5 heteroatoms. The first-order valence-electron chi connectivity index (χ1n) is 8.52. The average molecular weight is 342 g/mol. The molecule has 25 heavy (non-hydrogen) atoms. The molecule has 1 aliphatic rings. The van der Waals surface area contributed by atoms with Gasteiger partial charge >= 0.3 is 7.12 Å². The van der Waals surface area contributed by atoms with Crippen LogP contribution in [0.5, 0.6) is 5.75 Å². The van der Waals surface area contributed by atoms with Gasteiger partial charge in [-0.25, -0.2) is 4.39 Å². The van der Waals surface area contributed by atoms with Crippen molar-refractivity contribution in [3.05, 3.63) is 59.4 Å². The molecule has 3 nitrogen and oxygen atoms in total. The van der Waals surface area contributed by atoms with Crippen molar-refractivity contribution in [2.45, 2.75) is 52.4 Å². The number of aryl methyl sites for hydroxylation is 1. The van der Waals surface area contributed by atoms with Crippen LogP contribution in [0, 0.1) is 12.7 Å². The van der Waals surface area contributed by atoms with Crippen LogP contribution in [0.4, 0.5) is 4.39 Å². The van der Waals surface area contributed by atoms with Crippen molar-refractivity contribution in [3.63, 3.8) is 0 Å². The fourth-order valence-electron chi connectivity index (χ4n) is 2.75. The van der Waals surface area contributed by atoms with Crippen LogP contribution in [-0.2, 0) is 15.9 Å². The second kappa shape index (κ2) is 6.47. The summed E-state index contributed by atoms with van der Waals surface area (Å²) in [4.78, 5) is 0. The van der Waals surface area contributed by atoms with E-state index >= 15 is 0 Å². The molecule has 1 saturated heterocycles. The highest BCUT2D eigenvalue weighted by Gasteiger charge is 2.52. The van der Waals surface area contributed by atoms with Crippen molar-refractivity contribution in [1.82, 2.24) is 0 Å². The molecule has 0 saturated carbocycles. The highest BCUT2D eigenvalue weighted by atomic mass is 19.1. The third-order valence-corrected chi connectivity index (χ3v) is 5.11. The molecule has 0 spiro atoms. The van der Waals surface area contributed by atoms with Gasteiger partial charge in [-0.1, -0.05) is 24.3 Å². The van der Waals surface area contributed by atoms with Gasteiger partial charge < -0.3 is 14.0 Å². The predicted octanol–water partition coefficient (Wildman–Crippen LogP) is 4.01. The van der Waals surface area contributed by atoms with E-state index in [2.05, 4.69) is 0 Å². The maximum absolute atomic E-state index is 13.3. The number of hydrogen-bond donors (Lipinski definition) is 0. The summed E-state index contributed by atoms with van der Waals surface area (Å²) in [7, 11) is -0.476. The normalized spacial score (nSPS) is 18.4. The number of halogens is 1. The third kappa shape index (κ3) is 3.58. The van der Waals surface area contributed by atoms with E-state index in [-0.39, 0.29) is 5.82 Å². The SMILES string of the molecule is Cc1cc(F)ccc1COc1ccccc1B1OC(C)(C)C(C)(C)O1. The summed E-state index contributed by atoms with van der Waals surface area (Å²) >= 11 is 0. The highest BCUT2D eigenvalue weighted by Crippen LogP contribution is 2.37. The summed E-state index contributed by atoms with van der Waals surface area (Å²) < 4.78 is 31.5. The molecule has 0 aromatic heterocycles. The van der Waals surface area contributed by atoms with Crippen molar-refractivity contribution < 1.29 is 18.4 Å². The maximum atomic E-state index is 13.3. The molecule has 132 valence electrons. The van der Waals surface area contributed by atoms with Crippen molar-refractivity contribution >= 4 is 12.6 Å². The molecular formula is C20H24BFO3. The van der Waals surface area contributed by atoms with Gasteiger partial charge in [-0.15, -0.1) is 0 Å². The van der Waals surface area contributed by atoms with Gasteiger partial charge in [0.2, 0.25) is 0 Å². The van der Waals surface area contributed by atoms with Crippen LogP contribution >= 0.6 is 0 Å². The Morgan fingerprint density at radius 1 is 1.00 bits per heavy atom. The minimum Gasteiger partial charge on any atom is -0.489 e. The van der Waals surface area contributed by atoms with Crippen molar-refractivity contribution in [2.75, 3.05) is 0 Å². The van der Waals surface area contributed by atoms with Crippen LogP contribution in [0.2, 0.25) is 0 Å². The van der Waals surface area contributed by atoms with E-state index in [1.807, 2.05) is 58.9 Å². The standard InChI is InChI=1S/C20H24BFO3/c1-14-12-16(22)11-10-15(14)13-23-18-9-7-6-8-17(18)21-24-19(2,3)20(4,5)25-21/h6-12H,13H2,1-5H3. The molecule has 0 amide bonds. The van der Waals surface area contributed by atoms with E-state index in [0.717, 1.165) is 16.6 Å². The van der Waals surface area contributed by atoms with Crippen LogP contribution in [-0.4, -0.2) is 18.3 Å². The molecule has 3 rings (SSSR count). The topological polar surface area (TPSA) is 27.7 Å². The number of benzene rings is 2. The first-order valence-corrected chi connectivity index (χ1v) is 8.52. The van der Waals surface area contributed by atoms with Crippen molar-refractivity contribution in [3.8, 4) is 5.75 Å². The van der Waals surface area contributed by atoms with E-state index in [1.165, 1.54) is 12.1 Å². The zero-order valence-electron chi connectivity index (χ0n) is 15.4.